The van der Waals surface area contributed by atoms with Crippen LogP contribution in [0.3, 0.4) is 0 Å². The molecule has 0 bridgehead atoms. The first-order valence-electron chi connectivity index (χ1n) is 13.2. The molecule has 180 valence electrons. The van der Waals surface area contributed by atoms with Crippen LogP contribution in [0.15, 0.2) is 109 Å². The highest BCUT2D eigenvalue weighted by Gasteiger charge is 2.36. The van der Waals surface area contributed by atoms with Gasteiger partial charge in [-0.25, -0.2) is 0 Å². The van der Waals surface area contributed by atoms with Crippen molar-refractivity contribution in [2.24, 2.45) is 0 Å². The lowest BCUT2D eigenvalue weighted by atomic mass is 9.82. The van der Waals surface area contributed by atoms with Gasteiger partial charge < -0.3 is 5.32 Å². The summed E-state index contributed by atoms with van der Waals surface area (Å²) >= 11 is 0. The molecule has 37 heavy (non-hydrogen) atoms. The van der Waals surface area contributed by atoms with Crippen molar-refractivity contribution in [2.75, 3.05) is 5.32 Å². The Morgan fingerprint density at radius 1 is 0.432 bits per heavy atom. The van der Waals surface area contributed by atoms with Crippen LogP contribution >= 0.6 is 0 Å². The molecule has 1 nitrogen and oxygen atoms in total. The Hall–Kier alpha value is -4.10. The minimum atomic E-state index is 0.0245. The summed E-state index contributed by atoms with van der Waals surface area (Å²) < 4.78 is 0. The van der Waals surface area contributed by atoms with E-state index >= 15 is 0 Å². The molecule has 0 saturated carbocycles. The molecule has 0 spiro atoms. The summed E-state index contributed by atoms with van der Waals surface area (Å²) in [5, 5.41) is 3.76. The highest BCUT2D eigenvalue weighted by molar-refractivity contribution is 5.89. The average molecular weight is 478 g/mol. The summed E-state index contributed by atoms with van der Waals surface area (Å²) in [4.78, 5) is 0. The average Bonchev–Trinajstić information content (AvgIpc) is 3.28. The van der Waals surface area contributed by atoms with Crippen molar-refractivity contribution >= 4 is 11.4 Å². The summed E-state index contributed by atoms with van der Waals surface area (Å²) in [5.74, 6) is 0. The molecule has 0 amide bonds. The molecule has 7 rings (SSSR count). The quantitative estimate of drug-likeness (QED) is 0.273. The maximum Gasteiger partial charge on any atom is 0.0463 e. The lowest BCUT2D eigenvalue weighted by Gasteiger charge is -2.22. The van der Waals surface area contributed by atoms with Gasteiger partial charge in [-0.15, -0.1) is 0 Å². The topological polar surface area (TPSA) is 12.0 Å². The number of anilines is 2. The molecule has 0 heterocycles. The third-order valence-electron chi connectivity index (χ3n) is 8.68. The van der Waals surface area contributed by atoms with E-state index in [0.29, 0.717) is 0 Å². The number of para-hydroxylation sites is 1. The van der Waals surface area contributed by atoms with Crippen LogP contribution < -0.4 is 5.32 Å². The summed E-state index contributed by atoms with van der Waals surface area (Å²) in [7, 11) is 0. The van der Waals surface area contributed by atoms with E-state index in [2.05, 4.69) is 142 Å². The van der Waals surface area contributed by atoms with Crippen LogP contribution in [0.1, 0.15) is 49.9 Å². The number of hydrogen-bond donors (Lipinski definition) is 1. The highest BCUT2D eigenvalue weighted by Crippen LogP contribution is 2.51. The Labute approximate surface area is 219 Å². The molecular formula is C36H31N. The Morgan fingerprint density at radius 2 is 0.919 bits per heavy atom. The monoisotopic (exact) mass is 477 g/mol. The Morgan fingerprint density at radius 3 is 1.57 bits per heavy atom. The second-order valence-corrected chi connectivity index (χ2v) is 11.5. The summed E-state index contributed by atoms with van der Waals surface area (Å²) in [6.07, 6.45) is 0. The van der Waals surface area contributed by atoms with Gasteiger partial charge in [0.2, 0.25) is 0 Å². The minimum Gasteiger partial charge on any atom is -0.355 e. The lowest BCUT2D eigenvalue weighted by molar-refractivity contribution is 0.660. The SMILES string of the molecule is CC1(C)c2ccccc2-c2cc(Nc3ccccc3-c3ccc4c(c3)-c3ccccc3C4(C)C)ccc21. The van der Waals surface area contributed by atoms with E-state index in [1.54, 1.807) is 0 Å². The van der Waals surface area contributed by atoms with E-state index in [4.69, 9.17) is 0 Å². The maximum absolute atomic E-state index is 3.76. The van der Waals surface area contributed by atoms with Gasteiger partial charge in [0.1, 0.15) is 0 Å². The first-order valence-corrected chi connectivity index (χ1v) is 13.2. The van der Waals surface area contributed by atoms with Gasteiger partial charge in [0, 0.05) is 27.8 Å². The van der Waals surface area contributed by atoms with Crippen molar-refractivity contribution in [3.05, 3.63) is 131 Å². The first kappa shape index (κ1) is 22.1. The standard InChI is InChI=1S/C36H31N/c1-35(2)30-14-8-5-12-26(30)28-21-23(17-19-32(28)35)25-11-7-10-16-34(25)37-24-18-20-33-29(22-24)27-13-6-9-15-31(27)36(33,3)4/h5-22,37H,1-4H3. The largest absolute Gasteiger partial charge is 0.355 e. The molecule has 0 radical (unpaired) electrons. The molecule has 0 atom stereocenters. The van der Waals surface area contributed by atoms with Crippen molar-refractivity contribution in [1.29, 1.82) is 0 Å². The fourth-order valence-electron chi connectivity index (χ4n) is 6.68. The van der Waals surface area contributed by atoms with E-state index in [-0.39, 0.29) is 10.8 Å². The molecule has 1 heteroatoms. The van der Waals surface area contributed by atoms with Crippen LogP contribution in [0.4, 0.5) is 11.4 Å². The summed E-state index contributed by atoms with van der Waals surface area (Å²) in [6.45, 7) is 9.32. The highest BCUT2D eigenvalue weighted by atomic mass is 14.9. The molecule has 0 aromatic heterocycles. The fourth-order valence-corrected chi connectivity index (χ4v) is 6.68. The molecule has 0 aliphatic heterocycles. The zero-order valence-electron chi connectivity index (χ0n) is 21.9. The third-order valence-corrected chi connectivity index (χ3v) is 8.68. The van der Waals surface area contributed by atoms with Crippen LogP contribution in [0, 0.1) is 0 Å². The molecular weight excluding hydrogens is 446 g/mol. The molecule has 0 fully saturated rings. The number of hydrogen-bond acceptors (Lipinski definition) is 1. The van der Waals surface area contributed by atoms with Gasteiger partial charge in [0.15, 0.2) is 0 Å². The number of nitrogens with one attached hydrogen (secondary N) is 1. The van der Waals surface area contributed by atoms with Crippen molar-refractivity contribution in [1.82, 2.24) is 0 Å². The number of rotatable bonds is 3. The van der Waals surface area contributed by atoms with Gasteiger partial charge in [-0.3, -0.25) is 0 Å². The Balaban J connectivity index is 1.30. The molecule has 1 N–H and O–H groups in total. The molecule has 0 unspecified atom stereocenters. The summed E-state index contributed by atoms with van der Waals surface area (Å²) in [5.41, 5.74) is 15.8. The van der Waals surface area contributed by atoms with Crippen LogP contribution in [-0.2, 0) is 10.8 Å². The first-order chi connectivity index (χ1) is 17.9. The molecule has 5 aromatic carbocycles. The van der Waals surface area contributed by atoms with E-state index in [1.165, 1.54) is 55.6 Å². The third kappa shape index (κ3) is 3.17. The Bertz CT molecular complexity index is 1700. The predicted molar refractivity (Wildman–Crippen MR) is 157 cm³/mol. The molecule has 5 aromatic rings. The fraction of sp³-hybridized carbons (Fsp3) is 0.167. The maximum atomic E-state index is 3.76. The number of benzene rings is 5. The van der Waals surface area contributed by atoms with Gasteiger partial charge in [-0.2, -0.15) is 0 Å². The van der Waals surface area contributed by atoms with E-state index in [9.17, 15) is 0 Å². The Kier molecular flexibility index (Phi) is 4.60. The van der Waals surface area contributed by atoms with Crippen molar-refractivity contribution in [3.63, 3.8) is 0 Å². The number of fused-ring (bicyclic) bond motifs is 6. The lowest BCUT2D eigenvalue weighted by Crippen LogP contribution is -2.14. The molecule has 2 aliphatic carbocycles. The van der Waals surface area contributed by atoms with Crippen molar-refractivity contribution in [3.8, 4) is 33.4 Å². The zero-order valence-corrected chi connectivity index (χ0v) is 21.9. The van der Waals surface area contributed by atoms with Crippen LogP contribution in [-0.4, -0.2) is 0 Å². The van der Waals surface area contributed by atoms with Crippen LogP contribution in [0.2, 0.25) is 0 Å². The van der Waals surface area contributed by atoms with Gasteiger partial charge in [-0.05, 0) is 74.3 Å². The normalized spacial score (nSPS) is 15.5. The van der Waals surface area contributed by atoms with E-state index in [0.717, 1.165) is 11.4 Å². The smallest absolute Gasteiger partial charge is 0.0463 e. The van der Waals surface area contributed by atoms with Gasteiger partial charge in [0.05, 0.1) is 0 Å². The predicted octanol–water partition coefficient (Wildman–Crippen LogP) is 9.71. The van der Waals surface area contributed by atoms with E-state index < -0.39 is 0 Å². The van der Waals surface area contributed by atoms with Gasteiger partial charge >= 0.3 is 0 Å². The van der Waals surface area contributed by atoms with Crippen molar-refractivity contribution in [2.45, 2.75) is 38.5 Å². The minimum absolute atomic E-state index is 0.0245. The van der Waals surface area contributed by atoms with Crippen LogP contribution in [0.25, 0.3) is 33.4 Å². The van der Waals surface area contributed by atoms with Gasteiger partial charge in [0.25, 0.3) is 0 Å². The molecule has 2 aliphatic rings. The van der Waals surface area contributed by atoms with E-state index in [1.807, 2.05) is 0 Å². The second kappa shape index (κ2) is 7.70. The molecule has 0 saturated heterocycles. The van der Waals surface area contributed by atoms with Crippen molar-refractivity contribution < 1.29 is 0 Å². The second-order valence-electron chi connectivity index (χ2n) is 11.5. The van der Waals surface area contributed by atoms with Crippen LogP contribution in [0.5, 0.6) is 0 Å². The van der Waals surface area contributed by atoms with Gasteiger partial charge in [-0.1, -0.05) is 113 Å². The zero-order chi connectivity index (χ0) is 25.4. The summed E-state index contributed by atoms with van der Waals surface area (Å²) in [6, 6.07) is 40.2.